The Morgan fingerprint density at radius 3 is 2.77 bits per heavy atom. The van der Waals surface area contributed by atoms with Crippen LogP contribution in [0.5, 0.6) is 11.5 Å². The molecule has 180 valence electrons. The summed E-state index contributed by atoms with van der Waals surface area (Å²) in [4.78, 5) is 20.8. The molecule has 2 N–H and O–H groups in total. The van der Waals surface area contributed by atoms with E-state index in [0.29, 0.717) is 57.6 Å². The first-order valence-corrected chi connectivity index (χ1v) is 11.5. The topological polar surface area (TPSA) is 122 Å². The van der Waals surface area contributed by atoms with Gasteiger partial charge in [0, 0.05) is 30.6 Å². The number of halogens is 1. The fraction of sp³-hybridized carbons (Fsp3) is 0.250. The molecule has 0 aliphatic heterocycles. The second-order valence-corrected chi connectivity index (χ2v) is 8.85. The number of carboxylic acids is 1. The lowest BCUT2D eigenvalue weighted by molar-refractivity contribution is 0.0696. The van der Waals surface area contributed by atoms with E-state index in [9.17, 15) is 19.6 Å². The number of nitrogens with zero attached hydrogens (tertiary/aromatic N) is 4. The Hall–Kier alpha value is -4.17. The monoisotopic (exact) mass is 495 g/mol. The largest absolute Gasteiger partial charge is 0.496 e. The zero-order valence-corrected chi connectivity index (χ0v) is 20.0. The molecule has 35 heavy (non-hydrogen) atoms. The van der Waals surface area contributed by atoms with Gasteiger partial charge in [0.2, 0.25) is 0 Å². The average molecular weight is 496 g/mol. The quantitative estimate of drug-likeness (QED) is 0.340. The minimum absolute atomic E-state index is 0.0998. The van der Waals surface area contributed by atoms with E-state index in [4.69, 9.17) is 9.47 Å². The van der Waals surface area contributed by atoms with Crippen molar-refractivity contribution in [2.24, 2.45) is 0 Å². The van der Waals surface area contributed by atoms with Crippen LogP contribution in [-0.2, 0) is 6.54 Å². The Balaban J connectivity index is 1.55. The molecule has 1 aromatic carbocycles. The van der Waals surface area contributed by atoms with Gasteiger partial charge in [-0.3, -0.25) is 0 Å². The predicted octanol–water partition coefficient (Wildman–Crippen LogP) is 4.78. The number of benzene rings is 1. The zero-order valence-electron chi connectivity index (χ0n) is 19.2. The Kier molecular flexibility index (Phi) is 6.84. The molecule has 0 unspecified atom stereocenters. The van der Waals surface area contributed by atoms with E-state index in [0.717, 1.165) is 11.3 Å². The molecule has 0 aliphatic carbocycles. The van der Waals surface area contributed by atoms with E-state index in [1.165, 1.54) is 25.6 Å². The highest BCUT2D eigenvalue weighted by atomic mass is 32.1. The summed E-state index contributed by atoms with van der Waals surface area (Å²) in [6.45, 7) is 4.29. The summed E-state index contributed by atoms with van der Waals surface area (Å²) in [5, 5.41) is 22.7. The van der Waals surface area contributed by atoms with Gasteiger partial charge in [0.1, 0.15) is 41.2 Å². The molecular weight excluding hydrogens is 473 g/mol. The van der Waals surface area contributed by atoms with E-state index in [1.54, 1.807) is 22.8 Å². The molecular formula is C24H22FN5O4S. The van der Waals surface area contributed by atoms with Crippen LogP contribution in [0, 0.1) is 17.1 Å². The lowest BCUT2D eigenvalue weighted by Gasteiger charge is -2.11. The van der Waals surface area contributed by atoms with Gasteiger partial charge in [-0.15, -0.1) is 11.3 Å². The Bertz CT molecular complexity index is 1440. The van der Waals surface area contributed by atoms with Crippen molar-refractivity contribution < 1.29 is 23.8 Å². The lowest BCUT2D eigenvalue weighted by Crippen LogP contribution is -2.13. The first-order valence-electron chi connectivity index (χ1n) is 10.7. The fourth-order valence-electron chi connectivity index (χ4n) is 3.69. The highest BCUT2D eigenvalue weighted by Gasteiger charge is 2.20. The van der Waals surface area contributed by atoms with Crippen molar-refractivity contribution in [2.75, 3.05) is 19.0 Å². The average Bonchev–Trinajstić information content (AvgIpc) is 3.42. The van der Waals surface area contributed by atoms with Crippen LogP contribution in [0.25, 0.3) is 21.5 Å². The molecule has 0 spiro atoms. The summed E-state index contributed by atoms with van der Waals surface area (Å²) in [6.07, 6.45) is 1.20. The number of carboxylic acid groups (broad SMARTS) is 1. The van der Waals surface area contributed by atoms with Crippen LogP contribution in [0.1, 0.15) is 29.2 Å². The second kappa shape index (κ2) is 9.99. The van der Waals surface area contributed by atoms with Gasteiger partial charge in [-0.2, -0.15) is 5.26 Å². The zero-order chi connectivity index (χ0) is 25.1. The van der Waals surface area contributed by atoms with E-state index in [-0.39, 0.29) is 11.0 Å². The molecule has 0 radical (unpaired) electrons. The third kappa shape index (κ3) is 4.88. The van der Waals surface area contributed by atoms with E-state index in [2.05, 4.69) is 21.4 Å². The molecule has 4 rings (SSSR count). The summed E-state index contributed by atoms with van der Waals surface area (Å²) in [6, 6.07) is 9.90. The van der Waals surface area contributed by atoms with Gasteiger partial charge in [-0.25, -0.2) is 19.2 Å². The molecule has 0 atom stereocenters. The van der Waals surface area contributed by atoms with Crippen LogP contribution < -0.4 is 14.8 Å². The van der Waals surface area contributed by atoms with Gasteiger partial charge >= 0.3 is 5.97 Å². The number of hydrogen-bond donors (Lipinski definition) is 2. The summed E-state index contributed by atoms with van der Waals surface area (Å²) in [7, 11) is 1.50. The molecule has 4 aromatic rings. The molecule has 0 saturated heterocycles. The molecule has 3 aromatic heterocycles. The predicted molar refractivity (Wildman–Crippen MR) is 130 cm³/mol. The summed E-state index contributed by atoms with van der Waals surface area (Å²) in [5.74, 6) is -0.234. The van der Waals surface area contributed by atoms with Crippen LogP contribution in [0.3, 0.4) is 0 Å². The smallest absolute Gasteiger partial charge is 0.349 e. The molecule has 0 aliphatic rings. The molecule has 3 heterocycles. The number of fused-ring (bicyclic) bond motifs is 1. The second-order valence-electron chi connectivity index (χ2n) is 7.80. The number of carbonyl (C=O) groups is 1. The van der Waals surface area contributed by atoms with Crippen molar-refractivity contribution >= 4 is 34.0 Å². The van der Waals surface area contributed by atoms with Crippen molar-refractivity contribution in [3.05, 3.63) is 53.0 Å². The van der Waals surface area contributed by atoms with E-state index < -0.39 is 11.8 Å². The van der Waals surface area contributed by atoms with Gasteiger partial charge in [0.05, 0.1) is 29.3 Å². The Morgan fingerprint density at radius 1 is 1.29 bits per heavy atom. The van der Waals surface area contributed by atoms with Crippen molar-refractivity contribution in [1.29, 1.82) is 5.26 Å². The van der Waals surface area contributed by atoms with Crippen molar-refractivity contribution in [3.8, 4) is 28.1 Å². The summed E-state index contributed by atoms with van der Waals surface area (Å²) in [5.41, 5.74) is 1.14. The highest BCUT2D eigenvalue weighted by Crippen LogP contribution is 2.36. The summed E-state index contributed by atoms with van der Waals surface area (Å²) < 4.78 is 27.1. The molecule has 11 heteroatoms. The summed E-state index contributed by atoms with van der Waals surface area (Å²) >= 11 is 1.07. The first kappa shape index (κ1) is 24.0. The number of aromatic carboxylic acids is 1. The SMILES string of the molecule is COc1ccc(F)c2c1cc(C#N)n2CCNc1cc(-c2cc(OC(C)C)c(C(=O)O)s2)ncn1. The maximum atomic E-state index is 14.6. The van der Waals surface area contributed by atoms with Gasteiger partial charge in [-0.1, -0.05) is 0 Å². The highest BCUT2D eigenvalue weighted by molar-refractivity contribution is 7.17. The minimum atomic E-state index is -1.07. The van der Waals surface area contributed by atoms with Crippen LogP contribution in [-0.4, -0.2) is 45.4 Å². The molecule has 0 fully saturated rings. The Labute approximate surface area is 204 Å². The molecule has 0 amide bonds. The number of methoxy groups -OCH3 is 1. The van der Waals surface area contributed by atoms with Crippen LogP contribution in [0.15, 0.2) is 36.7 Å². The fourth-order valence-corrected chi connectivity index (χ4v) is 4.59. The number of nitriles is 1. The number of rotatable bonds is 9. The molecule has 0 saturated carbocycles. The first-order chi connectivity index (χ1) is 16.8. The molecule has 0 bridgehead atoms. The van der Waals surface area contributed by atoms with Crippen LogP contribution >= 0.6 is 11.3 Å². The number of aromatic nitrogens is 3. The third-order valence-corrected chi connectivity index (χ3v) is 6.25. The van der Waals surface area contributed by atoms with Crippen LogP contribution in [0.4, 0.5) is 10.2 Å². The number of thiophene rings is 1. The normalized spacial score (nSPS) is 11.0. The van der Waals surface area contributed by atoms with Gasteiger partial charge in [0.25, 0.3) is 0 Å². The third-order valence-electron chi connectivity index (χ3n) is 5.12. The van der Waals surface area contributed by atoms with Crippen molar-refractivity contribution in [2.45, 2.75) is 26.5 Å². The Morgan fingerprint density at radius 2 is 2.09 bits per heavy atom. The number of anilines is 1. The van der Waals surface area contributed by atoms with Crippen molar-refractivity contribution in [1.82, 2.24) is 14.5 Å². The maximum Gasteiger partial charge on any atom is 0.349 e. The lowest BCUT2D eigenvalue weighted by atomic mass is 10.2. The van der Waals surface area contributed by atoms with E-state index >= 15 is 0 Å². The van der Waals surface area contributed by atoms with Gasteiger partial charge < -0.3 is 24.5 Å². The molecule has 9 nitrogen and oxygen atoms in total. The maximum absolute atomic E-state index is 14.6. The van der Waals surface area contributed by atoms with Gasteiger partial charge in [0.15, 0.2) is 4.88 Å². The number of hydrogen-bond acceptors (Lipinski definition) is 8. The van der Waals surface area contributed by atoms with Crippen molar-refractivity contribution in [3.63, 3.8) is 0 Å². The van der Waals surface area contributed by atoms with Crippen LogP contribution in [0.2, 0.25) is 0 Å². The van der Waals surface area contributed by atoms with Gasteiger partial charge in [-0.05, 0) is 32.0 Å². The number of nitrogens with one attached hydrogen (secondary N) is 1. The van der Waals surface area contributed by atoms with E-state index in [1.807, 2.05) is 13.8 Å². The number of ether oxygens (including phenoxy) is 2. The standard InChI is InChI=1S/C24H22FN5O4S/c1-13(2)34-19-10-20(35-23(19)24(31)32)17-9-21(29-12-28-17)27-6-7-30-14(11-26)8-15-18(33-3)5-4-16(25)22(15)30/h4-5,8-10,12-13H,6-7H2,1-3H3,(H,31,32)(H,27,28,29). The minimum Gasteiger partial charge on any atom is -0.496 e.